The summed E-state index contributed by atoms with van der Waals surface area (Å²) in [7, 11) is 0. The number of halogens is 4. The van der Waals surface area contributed by atoms with Gasteiger partial charge in [0.2, 0.25) is 5.91 Å². The molecule has 0 aliphatic rings. The molecule has 4 nitrogen and oxygen atoms in total. The normalized spacial score (nSPS) is 13.9. The average molecular weight is 430 g/mol. The molecule has 0 bridgehead atoms. The second-order valence-corrected chi connectivity index (χ2v) is 7.60. The number of carbonyl (C=O) groups is 1. The van der Waals surface area contributed by atoms with Crippen LogP contribution in [0.4, 0.5) is 13.2 Å². The van der Waals surface area contributed by atoms with E-state index in [1.165, 1.54) is 12.5 Å². The van der Waals surface area contributed by atoms with Crippen molar-refractivity contribution in [2.45, 2.75) is 71.6 Å². The first-order valence-corrected chi connectivity index (χ1v) is 10.2. The van der Waals surface area contributed by atoms with Crippen LogP contribution in [0.25, 0.3) is 0 Å². The molecule has 1 heterocycles. The molecular weight excluding hydrogens is 403 g/mol. The van der Waals surface area contributed by atoms with Crippen LogP contribution in [0.2, 0.25) is 5.02 Å². The Labute approximate surface area is 174 Å². The Balaban J connectivity index is 2.01. The molecule has 2 rings (SSSR count). The molecule has 0 aliphatic heterocycles. The smallest absolute Gasteiger partial charge is 0.349 e. The minimum atomic E-state index is -4.62. The Morgan fingerprint density at radius 1 is 1.17 bits per heavy atom. The second-order valence-electron chi connectivity index (χ2n) is 7.22. The minimum absolute atomic E-state index is 0.0115. The summed E-state index contributed by atoms with van der Waals surface area (Å²) < 4.78 is 39.9. The zero-order valence-electron chi connectivity index (χ0n) is 17.1. The van der Waals surface area contributed by atoms with Crippen LogP contribution in [0.15, 0.2) is 24.3 Å². The first-order chi connectivity index (χ1) is 13.6. The van der Waals surface area contributed by atoms with E-state index in [1.807, 2.05) is 19.1 Å². The Hall–Kier alpha value is -2.02. The summed E-state index contributed by atoms with van der Waals surface area (Å²) >= 11 is 5.74. The lowest BCUT2D eigenvalue weighted by Gasteiger charge is -2.19. The maximum absolute atomic E-state index is 12.9. The molecule has 2 atom stereocenters. The molecule has 29 heavy (non-hydrogen) atoms. The topological polar surface area (TPSA) is 46.9 Å². The predicted octanol–water partition coefficient (Wildman–Crippen LogP) is 6.03. The number of nitrogens with zero attached hydrogens (tertiary/aromatic N) is 2. The minimum Gasteiger partial charge on any atom is -0.349 e. The largest absolute Gasteiger partial charge is 0.436 e. The van der Waals surface area contributed by atoms with E-state index < -0.39 is 16.9 Å². The fourth-order valence-corrected chi connectivity index (χ4v) is 3.35. The highest BCUT2D eigenvalue weighted by Crippen LogP contribution is 2.35. The van der Waals surface area contributed by atoms with Gasteiger partial charge in [-0.15, -0.1) is 0 Å². The van der Waals surface area contributed by atoms with Gasteiger partial charge in [0.1, 0.15) is 0 Å². The molecule has 1 amide bonds. The summed E-state index contributed by atoms with van der Waals surface area (Å²) in [6.45, 7) is 7.76. The predicted molar refractivity (Wildman–Crippen MR) is 108 cm³/mol. The van der Waals surface area contributed by atoms with Crippen molar-refractivity contribution in [3.05, 3.63) is 51.8 Å². The monoisotopic (exact) mass is 429 g/mol. The van der Waals surface area contributed by atoms with Crippen LogP contribution < -0.4 is 5.32 Å². The van der Waals surface area contributed by atoms with Crippen molar-refractivity contribution in [1.29, 1.82) is 0 Å². The van der Waals surface area contributed by atoms with Crippen molar-refractivity contribution >= 4 is 17.5 Å². The molecule has 0 fully saturated rings. The molecule has 2 unspecified atom stereocenters. The van der Waals surface area contributed by atoms with Gasteiger partial charge >= 0.3 is 6.18 Å². The number of benzene rings is 1. The molecule has 0 radical (unpaired) electrons. The van der Waals surface area contributed by atoms with Gasteiger partial charge in [0.15, 0.2) is 5.69 Å². The van der Waals surface area contributed by atoms with Crippen LogP contribution in [0.1, 0.15) is 74.5 Å². The van der Waals surface area contributed by atoms with Crippen molar-refractivity contribution in [3.63, 3.8) is 0 Å². The van der Waals surface area contributed by atoms with E-state index in [0.29, 0.717) is 12.3 Å². The molecule has 0 saturated carbocycles. The summed E-state index contributed by atoms with van der Waals surface area (Å²) in [6, 6.07) is 8.03. The van der Waals surface area contributed by atoms with Crippen LogP contribution in [0.3, 0.4) is 0 Å². The van der Waals surface area contributed by atoms with Gasteiger partial charge in [-0.05, 0) is 36.8 Å². The molecular formula is C21H27ClF3N3O. The number of nitrogens with one attached hydrogen (secondary N) is 1. The average Bonchev–Trinajstić information content (AvgIpc) is 2.98. The highest BCUT2D eigenvalue weighted by atomic mass is 35.5. The molecule has 2 aromatic rings. The molecule has 1 aromatic carbocycles. The van der Waals surface area contributed by atoms with Gasteiger partial charge in [0, 0.05) is 6.42 Å². The fourth-order valence-electron chi connectivity index (χ4n) is 3.11. The number of alkyl halides is 3. The van der Waals surface area contributed by atoms with Crippen molar-refractivity contribution in [2.24, 2.45) is 0 Å². The summed E-state index contributed by atoms with van der Waals surface area (Å²) in [5, 5.41) is 6.05. The molecule has 160 valence electrons. The zero-order chi connectivity index (χ0) is 21.8. The highest BCUT2D eigenvalue weighted by molar-refractivity contribution is 6.31. The van der Waals surface area contributed by atoms with E-state index >= 15 is 0 Å². The van der Waals surface area contributed by atoms with Crippen LogP contribution in [0, 0.1) is 6.92 Å². The lowest BCUT2D eigenvalue weighted by Crippen LogP contribution is -2.29. The van der Waals surface area contributed by atoms with Gasteiger partial charge in [-0.3, -0.25) is 9.48 Å². The summed E-state index contributed by atoms with van der Waals surface area (Å²) in [6.07, 6.45) is -2.85. The van der Waals surface area contributed by atoms with Crippen molar-refractivity contribution in [3.8, 4) is 0 Å². The zero-order valence-corrected chi connectivity index (χ0v) is 17.9. The first kappa shape index (κ1) is 23.3. The van der Waals surface area contributed by atoms with Crippen LogP contribution in [0.5, 0.6) is 0 Å². The third-order valence-corrected chi connectivity index (χ3v) is 5.67. The van der Waals surface area contributed by atoms with E-state index in [4.69, 9.17) is 11.6 Å². The van der Waals surface area contributed by atoms with Gasteiger partial charge in [0.25, 0.3) is 0 Å². The number of hydrogen-bond donors (Lipinski definition) is 1. The fraction of sp³-hybridized carbons (Fsp3) is 0.524. The number of aryl methyl sites for hydroxylation is 1. The summed E-state index contributed by atoms with van der Waals surface area (Å²) in [5.74, 6) is 0.229. The second kappa shape index (κ2) is 9.65. The first-order valence-electron chi connectivity index (χ1n) is 9.77. The van der Waals surface area contributed by atoms with E-state index in [-0.39, 0.29) is 30.6 Å². The highest BCUT2D eigenvalue weighted by Gasteiger charge is 2.38. The van der Waals surface area contributed by atoms with Gasteiger partial charge in [-0.25, -0.2) is 0 Å². The number of carbonyl (C=O) groups excluding carboxylic acids is 1. The summed E-state index contributed by atoms with van der Waals surface area (Å²) in [5.41, 5.74) is 1.33. The third kappa shape index (κ3) is 5.75. The number of amides is 1. The SMILES string of the molecule is CCC(C)c1ccc(C(CC)NC(=O)CCn2nc(C(F)(F)F)c(Cl)c2C)cc1. The quantitative estimate of drug-likeness (QED) is 0.556. The maximum Gasteiger partial charge on any atom is 0.436 e. The molecule has 1 aromatic heterocycles. The van der Waals surface area contributed by atoms with Crippen LogP contribution in [-0.4, -0.2) is 15.7 Å². The van der Waals surface area contributed by atoms with Gasteiger partial charge in [0.05, 0.1) is 23.3 Å². The third-order valence-electron chi connectivity index (χ3n) is 5.22. The van der Waals surface area contributed by atoms with E-state index in [2.05, 4.69) is 36.4 Å². The van der Waals surface area contributed by atoms with Gasteiger partial charge in [-0.2, -0.15) is 18.3 Å². The Bertz CT molecular complexity index is 831. The van der Waals surface area contributed by atoms with E-state index in [1.54, 1.807) is 0 Å². The van der Waals surface area contributed by atoms with E-state index in [0.717, 1.165) is 16.7 Å². The lowest BCUT2D eigenvalue weighted by molar-refractivity contribution is -0.141. The molecule has 0 spiro atoms. The van der Waals surface area contributed by atoms with Crippen LogP contribution >= 0.6 is 11.6 Å². The molecule has 0 aliphatic carbocycles. The standard InChI is InChI=1S/C21H27ClF3N3O/c1-5-13(3)15-7-9-16(10-8-15)17(6-2)26-18(29)11-12-28-14(4)19(22)20(27-28)21(23,24)25/h7-10,13,17H,5-6,11-12H2,1-4H3,(H,26,29). The van der Waals surface area contributed by atoms with Crippen LogP contribution in [-0.2, 0) is 17.5 Å². The van der Waals surface area contributed by atoms with Crippen molar-refractivity contribution in [2.75, 3.05) is 0 Å². The number of aromatic nitrogens is 2. The van der Waals surface area contributed by atoms with Gasteiger partial charge in [-0.1, -0.05) is 56.6 Å². The van der Waals surface area contributed by atoms with E-state index in [9.17, 15) is 18.0 Å². The number of hydrogen-bond acceptors (Lipinski definition) is 2. The Kier molecular flexibility index (Phi) is 7.74. The summed E-state index contributed by atoms with van der Waals surface area (Å²) in [4.78, 5) is 12.4. The maximum atomic E-state index is 12.9. The molecule has 0 saturated heterocycles. The molecule has 8 heteroatoms. The van der Waals surface area contributed by atoms with Crippen molar-refractivity contribution < 1.29 is 18.0 Å². The number of rotatable bonds is 8. The Morgan fingerprint density at radius 3 is 2.24 bits per heavy atom. The lowest BCUT2D eigenvalue weighted by atomic mass is 9.95. The van der Waals surface area contributed by atoms with Crippen molar-refractivity contribution in [1.82, 2.24) is 15.1 Å². The van der Waals surface area contributed by atoms with Gasteiger partial charge < -0.3 is 5.32 Å². The Morgan fingerprint density at radius 2 is 1.76 bits per heavy atom. The molecule has 1 N–H and O–H groups in total.